The summed E-state index contributed by atoms with van der Waals surface area (Å²) in [7, 11) is 0. The van der Waals surface area contributed by atoms with Crippen LogP contribution in [0.2, 0.25) is 0 Å². The van der Waals surface area contributed by atoms with Gasteiger partial charge in [-0.25, -0.2) is 10.4 Å². The fourth-order valence-electron chi connectivity index (χ4n) is 4.84. The van der Waals surface area contributed by atoms with E-state index < -0.39 is 17.7 Å². The molecular formula is C31H25N5O4S2. The highest BCUT2D eigenvalue weighted by Crippen LogP contribution is 2.47. The van der Waals surface area contributed by atoms with Crippen molar-refractivity contribution in [1.29, 1.82) is 0 Å². The van der Waals surface area contributed by atoms with Crippen LogP contribution >= 0.6 is 24.0 Å². The zero-order chi connectivity index (χ0) is 29.2. The Morgan fingerprint density at radius 1 is 0.810 bits per heavy atom. The molecule has 2 heterocycles. The minimum absolute atomic E-state index is 0.0232. The van der Waals surface area contributed by atoms with E-state index in [1.54, 1.807) is 53.1 Å². The molecule has 4 aromatic rings. The van der Waals surface area contributed by atoms with E-state index in [9.17, 15) is 19.5 Å². The van der Waals surface area contributed by atoms with Crippen LogP contribution in [0.1, 0.15) is 0 Å². The molecule has 2 aliphatic heterocycles. The number of hydrogen-bond acceptors (Lipinski definition) is 8. The molecule has 0 aromatic heterocycles. The maximum absolute atomic E-state index is 13.8. The number of thiocarbonyl (C=S) groups is 1. The predicted octanol–water partition coefficient (Wildman–Crippen LogP) is 4.91. The number of phenolic OH excluding ortho intramolecular Hbond substituents is 1. The molecule has 0 saturated carbocycles. The fraction of sp³-hybridized carbons (Fsp3) is 0.0968. The third-order valence-electron chi connectivity index (χ3n) is 6.88. The van der Waals surface area contributed by atoms with Gasteiger partial charge in [0.25, 0.3) is 5.91 Å². The molecule has 6 rings (SSSR count). The number of phenols is 1. The molecule has 1 unspecified atom stereocenters. The van der Waals surface area contributed by atoms with E-state index in [0.29, 0.717) is 11.4 Å². The molecule has 4 aromatic carbocycles. The van der Waals surface area contributed by atoms with Gasteiger partial charge in [0.05, 0.1) is 23.6 Å². The SMILES string of the molecule is O=C1C(CNc2ccc(O)cc2)C(=O)N(c2ccccc2)C(=S)N1NCC(=O)N1c2ccccc2Sc2ccccc21. The van der Waals surface area contributed by atoms with Gasteiger partial charge in [-0.15, -0.1) is 0 Å². The largest absolute Gasteiger partial charge is 0.508 e. The van der Waals surface area contributed by atoms with Crippen molar-refractivity contribution < 1.29 is 19.5 Å². The van der Waals surface area contributed by atoms with Gasteiger partial charge in [0, 0.05) is 22.0 Å². The Labute approximate surface area is 251 Å². The molecule has 1 saturated heterocycles. The van der Waals surface area contributed by atoms with Gasteiger partial charge in [-0.1, -0.05) is 54.2 Å². The van der Waals surface area contributed by atoms with Crippen LogP contribution in [-0.4, -0.2) is 46.0 Å². The van der Waals surface area contributed by atoms with Crippen molar-refractivity contribution in [3.05, 3.63) is 103 Å². The van der Waals surface area contributed by atoms with Crippen LogP contribution in [0.4, 0.5) is 22.7 Å². The van der Waals surface area contributed by atoms with Crippen LogP contribution < -0.4 is 20.5 Å². The number of anilines is 4. The number of fused-ring (bicyclic) bond motifs is 2. The predicted molar refractivity (Wildman–Crippen MR) is 166 cm³/mol. The Hall–Kier alpha value is -4.71. The van der Waals surface area contributed by atoms with E-state index in [-0.39, 0.29) is 29.9 Å². The van der Waals surface area contributed by atoms with Crippen molar-refractivity contribution in [3.8, 4) is 5.75 Å². The Balaban J connectivity index is 1.26. The summed E-state index contributed by atoms with van der Waals surface area (Å²) in [5.41, 5.74) is 5.55. The Kier molecular flexibility index (Phi) is 7.62. The number of para-hydroxylation sites is 3. The van der Waals surface area contributed by atoms with Gasteiger partial charge in [0.2, 0.25) is 16.9 Å². The second-order valence-corrected chi connectivity index (χ2v) is 11.0. The molecule has 1 atom stereocenters. The van der Waals surface area contributed by atoms with E-state index in [0.717, 1.165) is 26.2 Å². The highest BCUT2D eigenvalue weighted by atomic mass is 32.2. The van der Waals surface area contributed by atoms with Crippen molar-refractivity contribution in [1.82, 2.24) is 10.4 Å². The summed E-state index contributed by atoms with van der Waals surface area (Å²) in [4.78, 5) is 45.9. The number of nitrogens with zero attached hydrogens (tertiary/aromatic N) is 3. The lowest BCUT2D eigenvalue weighted by molar-refractivity contribution is -0.141. The Morgan fingerprint density at radius 3 is 2.05 bits per heavy atom. The summed E-state index contributed by atoms with van der Waals surface area (Å²) in [6.07, 6.45) is 0. The number of hydrogen-bond donors (Lipinski definition) is 3. The van der Waals surface area contributed by atoms with E-state index in [2.05, 4.69) is 10.7 Å². The highest BCUT2D eigenvalue weighted by molar-refractivity contribution is 7.99. The van der Waals surface area contributed by atoms with Crippen LogP contribution in [0.3, 0.4) is 0 Å². The fourth-order valence-corrected chi connectivity index (χ4v) is 6.25. The zero-order valence-corrected chi connectivity index (χ0v) is 23.8. The number of carbonyl (C=O) groups excluding carboxylic acids is 3. The highest BCUT2D eigenvalue weighted by Gasteiger charge is 2.45. The van der Waals surface area contributed by atoms with Crippen LogP contribution in [0.15, 0.2) is 113 Å². The topological polar surface area (TPSA) is 105 Å². The lowest BCUT2D eigenvalue weighted by atomic mass is 10.0. The number of amides is 3. The molecule has 3 amide bonds. The van der Waals surface area contributed by atoms with Crippen LogP contribution in [0.5, 0.6) is 5.75 Å². The summed E-state index contributed by atoms with van der Waals surface area (Å²) < 4.78 is 0. The molecular weight excluding hydrogens is 571 g/mol. The number of nitrogens with one attached hydrogen (secondary N) is 2. The number of benzene rings is 4. The van der Waals surface area contributed by atoms with E-state index >= 15 is 0 Å². The molecule has 9 nitrogen and oxygen atoms in total. The first-order valence-electron chi connectivity index (χ1n) is 13.1. The lowest BCUT2D eigenvalue weighted by Crippen LogP contribution is -2.65. The van der Waals surface area contributed by atoms with E-state index in [1.807, 2.05) is 54.6 Å². The molecule has 3 N–H and O–H groups in total. The van der Waals surface area contributed by atoms with Gasteiger partial charge in [0.15, 0.2) is 0 Å². The third-order valence-corrected chi connectivity index (χ3v) is 8.38. The van der Waals surface area contributed by atoms with Crippen LogP contribution in [0, 0.1) is 5.92 Å². The molecule has 0 aliphatic carbocycles. The average Bonchev–Trinajstić information content (AvgIpc) is 3.01. The van der Waals surface area contributed by atoms with E-state index in [1.165, 1.54) is 17.0 Å². The monoisotopic (exact) mass is 595 g/mol. The third kappa shape index (κ3) is 5.20. The minimum atomic E-state index is -1.14. The van der Waals surface area contributed by atoms with Crippen LogP contribution in [0.25, 0.3) is 0 Å². The van der Waals surface area contributed by atoms with Gasteiger partial charge in [-0.3, -0.25) is 24.2 Å². The van der Waals surface area contributed by atoms with Crippen molar-refractivity contribution in [2.45, 2.75) is 9.79 Å². The number of rotatable bonds is 7. The van der Waals surface area contributed by atoms with Crippen molar-refractivity contribution >= 4 is 69.6 Å². The van der Waals surface area contributed by atoms with Gasteiger partial charge < -0.3 is 10.4 Å². The van der Waals surface area contributed by atoms with Gasteiger partial charge in [-0.2, -0.15) is 0 Å². The van der Waals surface area contributed by atoms with Crippen molar-refractivity contribution in [2.24, 2.45) is 5.92 Å². The van der Waals surface area contributed by atoms with Crippen molar-refractivity contribution in [3.63, 3.8) is 0 Å². The summed E-state index contributed by atoms with van der Waals surface area (Å²) in [6.45, 7) is -0.279. The second-order valence-electron chi connectivity index (χ2n) is 9.55. The maximum Gasteiger partial charge on any atom is 0.257 e. The summed E-state index contributed by atoms with van der Waals surface area (Å²) >= 11 is 7.22. The van der Waals surface area contributed by atoms with Crippen LogP contribution in [-0.2, 0) is 14.4 Å². The Bertz CT molecular complexity index is 1640. The molecule has 210 valence electrons. The van der Waals surface area contributed by atoms with Crippen molar-refractivity contribution in [2.75, 3.05) is 28.2 Å². The standard InChI is InChI=1S/C31H25N5O4S2/c37-22-16-14-20(15-17-22)32-18-23-29(39)34(21-8-2-1-3-9-21)31(41)36(30(23)40)33-19-28(38)35-24-10-4-6-12-26(24)42-27-13-7-5-11-25(27)35/h1-17,23,32-33,37H,18-19H2. The first-order chi connectivity index (χ1) is 20.4. The summed E-state index contributed by atoms with van der Waals surface area (Å²) in [5.74, 6) is -2.40. The lowest BCUT2D eigenvalue weighted by Gasteiger charge is -2.39. The molecule has 1 fully saturated rings. The first kappa shape index (κ1) is 27.5. The smallest absolute Gasteiger partial charge is 0.257 e. The summed E-state index contributed by atoms with van der Waals surface area (Å²) in [6, 6.07) is 30.4. The molecule has 0 spiro atoms. The molecule has 0 bridgehead atoms. The molecule has 2 aliphatic rings. The average molecular weight is 596 g/mol. The quantitative estimate of drug-likeness (QED) is 0.157. The van der Waals surface area contributed by atoms with E-state index in [4.69, 9.17) is 12.2 Å². The van der Waals surface area contributed by atoms with Gasteiger partial charge in [-0.05, 0) is 72.9 Å². The zero-order valence-electron chi connectivity index (χ0n) is 22.1. The number of hydrazine groups is 1. The Morgan fingerprint density at radius 2 is 1.40 bits per heavy atom. The molecule has 0 radical (unpaired) electrons. The molecule has 42 heavy (non-hydrogen) atoms. The second kappa shape index (κ2) is 11.6. The number of carbonyl (C=O) groups is 3. The maximum atomic E-state index is 13.8. The molecule has 11 heteroatoms. The normalized spacial score (nSPS) is 16.2. The first-order valence-corrected chi connectivity index (χ1v) is 14.4. The minimum Gasteiger partial charge on any atom is -0.508 e. The number of aromatic hydroxyl groups is 1. The summed E-state index contributed by atoms with van der Waals surface area (Å²) in [5, 5.41) is 13.7. The van der Waals surface area contributed by atoms with Gasteiger partial charge in [0.1, 0.15) is 11.7 Å². The van der Waals surface area contributed by atoms with Gasteiger partial charge >= 0.3 is 0 Å².